The highest BCUT2D eigenvalue weighted by Gasteiger charge is 2.28. The Morgan fingerprint density at radius 2 is 2.00 bits per heavy atom. The Morgan fingerprint density at radius 1 is 1.26 bits per heavy atom. The van der Waals surface area contributed by atoms with Gasteiger partial charge < -0.3 is 14.5 Å². The van der Waals surface area contributed by atoms with Gasteiger partial charge in [0.2, 0.25) is 0 Å². The molecule has 3 rings (SSSR count). The van der Waals surface area contributed by atoms with Gasteiger partial charge in [0.05, 0.1) is 6.21 Å². The highest BCUT2D eigenvalue weighted by molar-refractivity contribution is 5.96. The molecule has 0 spiro atoms. The largest absolute Gasteiger partial charge is 0.435 e. The minimum absolute atomic E-state index is 0.0657. The lowest BCUT2D eigenvalue weighted by Gasteiger charge is -2.34. The van der Waals surface area contributed by atoms with Crippen LogP contribution < -0.4 is 9.64 Å². The maximum atomic E-state index is 12.6. The number of halogens is 2. The van der Waals surface area contributed by atoms with Crippen molar-refractivity contribution in [2.75, 3.05) is 11.5 Å². The van der Waals surface area contributed by atoms with Gasteiger partial charge in [0.15, 0.2) is 6.61 Å². The molecule has 5 nitrogen and oxygen atoms in total. The topological polar surface area (TPSA) is 51.1 Å². The van der Waals surface area contributed by atoms with Crippen LogP contribution in [0.4, 0.5) is 14.5 Å². The Kier molecular flexibility index (Phi) is 6.01. The lowest BCUT2D eigenvalue weighted by atomic mass is 9.96. The van der Waals surface area contributed by atoms with Gasteiger partial charge in [-0.15, -0.1) is 0 Å². The van der Waals surface area contributed by atoms with Crippen molar-refractivity contribution in [1.29, 1.82) is 0 Å². The van der Waals surface area contributed by atoms with Gasteiger partial charge >= 0.3 is 6.61 Å². The average molecular weight is 374 g/mol. The Bertz CT molecular complexity index is 809. The number of aryl methyl sites for hydroxylation is 1. The summed E-state index contributed by atoms with van der Waals surface area (Å²) < 4.78 is 28.5. The second-order valence-electron chi connectivity index (χ2n) is 6.24. The summed E-state index contributed by atoms with van der Waals surface area (Å²) in [6.07, 6.45) is 3.26. The van der Waals surface area contributed by atoms with E-state index >= 15 is 0 Å². The summed E-state index contributed by atoms with van der Waals surface area (Å²) >= 11 is 0. The van der Waals surface area contributed by atoms with Crippen molar-refractivity contribution in [2.45, 2.75) is 32.4 Å². The van der Waals surface area contributed by atoms with Crippen molar-refractivity contribution in [3.8, 4) is 5.75 Å². The van der Waals surface area contributed by atoms with Crippen molar-refractivity contribution in [1.82, 2.24) is 0 Å². The minimum Gasteiger partial charge on any atom is -0.435 e. The van der Waals surface area contributed by atoms with E-state index in [-0.39, 0.29) is 24.3 Å². The second kappa shape index (κ2) is 8.62. The van der Waals surface area contributed by atoms with Gasteiger partial charge in [0.25, 0.3) is 5.91 Å². The number of carbonyl (C=O) groups is 1. The maximum absolute atomic E-state index is 12.6. The van der Waals surface area contributed by atoms with Crippen LogP contribution in [0.2, 0.25) is 0 Å². The summed E-state index contributed by atoms with van der Waals surface area (Å²) in [5, 5.41) is 3.79. The minimum atomic E-state index is -2.86. The number of para-hydroxylation sites is 1. The number of benzene rings is 2. The zero-order valence-electron chi connectivity index (χ0n) is 14.8. The lowest BCUT2D eigenvalue weighted by molar-refractivity contribution is -0.123. The molecular formula is C20H20F2N2O3. The molecule has 0 saturated carbocycles. The fourth-order valence-corrected chi connectivity index (χ4v) is 3.06. The van der Waals surface area contributed by atoms with Gasteiger partial charge in [-0.25, -0.2) is 0 Å². The number of anilines is 1. The summed E-state index contributed by atoms with van der Waals surface area (Å²) in [4.78, 5) is 19.5. The van der Waals surface area contributed by atoms with E-state index in [2.05, 4.69) is 9.89 Å². The molecule has 0 radical (unpaired) electrons. The van der Waals surface area contributed by atoms with Crippen LogP contribution in [0.25, 0.3) is 0 Å². The third kappa shape index (κ3) is 4.81. The first-order valence-electron chi connectivity index (χ1n) is 8.65. The average Bonchev–Trinajstić information content (AvgIpc) is 2.66. The quantitative estimate of drug-likeness (QED) is 0.567. The first kappa shape index (κ1) is 18.8. The van der Waals surface area contributed by atoms with Gasteiger partial charge in [-0.3, -0.25) is 4.79 Å². The SMILES string of the molecule is CC1CCc2ccccc2N1C(=O)CO/N=C/c1ccc(OC(F)F)cc1. The molecule has 27 heavy (non-hydrogen) atoms. The maximum Gasteiger partial charge on any atom is 0.387 e. The van der Waals surface area contributed by atoms with Crippen LogP contribution in [0, 0.1) is 0 Å². The third-order valence-corrected chi connectivity index (χ3v) is 4.36. The number of carbonyl (C=O) groups excluding carboxylic acids is 1. The van der Waals surface area contributed by atoms with Crippen molar-refractivity contribution >= 4 is 17.8 Å². The molecule has 7 heteroatoms. The summed E-state index contributed by atoms with van der Waals surface area (Å²) in [7, 11) is 0. The predicted molar refractivity (Wildman–Crippen MR) is 98.3 cm³/mol. The predicted octanol–water partition coefficient (Wildman–Crippen LogP) is 4.01. The number of oxime groups is 1. The Hall–Kier alpha value is -2.96. The van der Waals surface area contributed by atoms with Crippen LogP contribution in [0.15, 0.2) is 53.7 Å². The fraction of sp³-hybridized carbons (Fsp3) is 0.300. The number of ether oxygens (including phenoxy) is 1. The third-order valence-electron chi connectivity index (χ3n) is 4.36. The van der Waals surface area contributed by atoms with E-state index in [1.165, 1.54) is 18.3 Å². The standard InChI is InChI=1S/C20H20F2N2O3/c1-14-6-9-16-4-2-3-5-18(16)24(14)19(25)13-26-23-12-15-7-10-17(11-8-15)27-20(21)22/h2-5,7-8,10-12,14,20H,6,9,13H2,1H3/b23-12+. The molecular weight excluding hydrogens is 354 g/mol. The molecule has 1 aliphatic rings. The van der Waals surface area contributed by atoms with Gasteiger partial charge in [-0.05, 0) is 61.2 Å². The lowest BCUT2D eigenvalue weighted by Crippen LogP contribution is -2.43. The van der Waals surface area contributed by atoms with Crippen LogP contribution in [0.1, 0.15) is 24.5 Å². The van der Waals surface area contributed by atoms with E-state index in [0.29, 0.717) is 5.56 Å². The van der Waals surface area contributed by atoms with Gasteiger partial charge in [0, 0.05) is 11.7 Å². The van der Waals surface area contributed by atoms with Crippen LogP contribution in [0.3, 0.4) is 0 Å². The molecule has 0 bridgehead atoms. The summed E-state index contributed by atoms with van der Waals surface area (Å²) in [6, 6.07) is 13.9. The zero-order valence-corrected chi connectivity index (χ0v) is 14.8. The van der Waals surface area contributed by atoms with Crippen LogP contribution in [-0.2, 0) is 16.1 Å². The molecule has 1 aliphatic heterocycles. The Balaban J connectivity index is 1.56. The molecule has 2 aromatic rings. The molecule has 0 aliphatic carbocycles. The van der Waals surface area contributed by atoms with E-state index in [4.69, 9.17) is 4.84 Å². The number of nitrogens with zero attached hydrogens (tertiary/aromatic N) is 2. The van der Waals surface area contributed by atoms with Gasteiger partial charge in [0.1, 0.15) is 5.75 Å². The monoisotopic (exact) mass is 374 g/mol. The summed E-state index contributed by atoms with van der Waals surface area (Å²) in [5.41, 5.74) is 2.71. The Morgan fingerprint density at radius 3 is 2.74 bits per heavy atom. The second-order valence-corrected chi connectivity index (χ2v) is 6.24. The van der Waals surface area contributed by atoms with Crippen LogP contribution >= 0.6 is 0 Å². The number of hydrogen-bond donors (Lipinski definition) is 0. The molecule has 1 atom stereocenters. The number of alkyl halides is 2. The van der Waals surface area contributed by atoms with Gasteiger partial charge in [-0.1, -0.05) is 23.4 Å². The normalized spacial score (nSPS) is 16.4. The zero-order chi connectivity index (χ0) is 19.2. The molecule has 1 unspecified atom stereocenters. The highest BCUT2D eigenvalue weighted by Crippen LogP contribution is 2.30. The summed E-state index contributed by atoms with van der Waals surface area (Å²) in [6.45, 7) is -1.02. The number of rotatable bonds is 6. The molecule has 1 amide bonds. The number of amides is 1. The number of fused-ring (bicyclic) bond motifs is 1. The molecule has 0 saturated heterocycles. The van der Waals surface area contributed by atoms with E-state index in [1.807, 2.05) is 31.2 Å². The van der Waals surface area contributed by atoms with E-state index < -0.39 is 6.61 Å². The van der Waals surface area contributed by atoms with E-state index in [0.717, 1.165) is 24.1 Å². The molecule has 0 aromatic heterocycles. The molecule has 142 valence electrons. The van der Waals surface area contributed by atoms with Gasteiger partial charge in [-0.2, -0.15) is 8.78 Å². The van der Waals surface area contributed by atoms with Crippen molar-refractivity contribution in [3.05, 3.63) is 59.7 Å². The molecule has 1 heterocycles. The van der Waals surface area contributed by atoms with Crippen LogP contribution in [0.5, 0.6) is 5.75 Å². The van der Waals surface area contributed by atoms with Crippen molar-refractivity contribution in [3.63, 3.8) is 0 Å². The summed E-state index contributed by atoms with van der Waals surface area (Å²) in [5.74, 6) is -0.0940. The number of hydrogen-bond acceptors (Lipinski definition) is 4. The first-order valence-corrected chi connectivity index (χ1v) is 8.65. The smallest absolute Gasteiger partial charge is 0.387 e. The van der Waals surface area contributed by atoms with E-state index in [9.17, 15) is 13.6 Å². The molecule has 0 N–H and O–H groups in total. The fourth-order valence-electron chi connectivity index (χ4n) is 3.06. The van der Waals surface area contributed by atoms with Crippen molar-refractivity contribution < 1.29 is 23.1 Å². The molecule has 0 fully saturated rings. The first-order chi connectivity index (χ1) is 13.0. The van der Waals surface area contributed by atoms with E-state index in [1.54, 1.807) is 17.0 Å². The van der Waals surface area contributed by atoms with Crippen molar-refractivity contribution in [2.24, 2.45) is 5.16 Å². The highest BCUT2D eigenvalue weighted by atomic mass is 19.3. The Labute approximate surface area is 156 Å². The molecule has 2 aromatic carbocycles. The van der Waals surface area contributed by atoms with Crippen LogP contribution in [-0.4, -0.2) is 31.4 Å².